The summed E-state index contributed by atoms with van der Waals surface area (Å²) in [5, 5.41) is 10.3. The van der Waals surface area contributed by atoms with Crippen LogP contribution in [0.25, 0.3) is 22.3 Å². The Labute approximate surface area is 219 Å². The molecule has 0 unspecified atom stereocenters. The maximum Gasteiger partial charge on any atom is 0.319 e. The van der Waals surface area contributed by atoms with Crippen molar-refractivity contribution < 1.29 is 4.79 Å². The number of aromatic amines is 1. The van der Waals surface area contributed by atoms with E-state index in [4.69, 9.17) is 0 Å². The number of amides is 2. The molecule has 3 fully saturated rings. The van der Waals surface area contributed by atoms with Crippen molar-refractivity contribution >= 4 is 22.8 Å². The average molecular weight is 502 g/mol. The van der Waals surface area contributed by atoms with Gasteiger partial charge in [0.1, 0.15) is 0 Å². The highest BCUT2D eigenvalue weighted by atomic mass is 16.2. The van der Waals surface area contributed by atoms with Crippen molar-refractivity contribution in [1.82, 2.24) is 29.9 Å². The summed E-state index contributed by atoms with van der Waals surface area (Å²) in [4.78, 5) is 25.0. The number of carbonyl (C=O) groups is 1. The zero-order valence-corrected chi connectivity index (χ0v) is 22.6. The van der Waals surface area contributed by atoms with Gasteiger partial charge in [-0.25, -0.2) is 4.79 Å². The van der Waals surface area contributed by atoms with Crippen molar-refractivity contribution in [3.63, 3.8) is 0 Å². The number of aromatic nitrogens is 3. The Morgan fingerprint density at radius 3 is 2.27 bits per heavy atom. The van der Waals surface area contributed by atoms with Crippen molar-refractivity contribution in [2.45, 2.75) is 51.5 Å². The molecular weight excluding hydrogens is 462 g/mol. The Balaban J connectivity index is 1.21. The second kappa shape index (κ2) is 9.63. The number of piperazine rings is 1. The van der Waals surface area contributed by atoms with Gasteiger partial charge in [0.2, 0.25) is 0 Å². The van der Waals surface area contributed by atoms with Crippen LogP contribution in [-0.2, 0) is 0 Å². The Kier molecular flexibility index (Phi) is 6.31. The molecule has 1 saturated carbocycles. The Bertz CT molecular complexity index is 1270. The number of rotatable bonds is 4. The lowest BCUT2D eigenvalue weighted by Gasteiger charge is -2.36. The van der Waals surface area contributed by atoms with E-state index in [2.05, 4.69) is 70.3 Å². The van der Waals surface area contributed by atoms with E-state index in [-0.39, 0.29) is 6.03 Å². The molecule has 8 nitrogen and oxygen atoms in total. The van der Waals surface area contributed by atoms with E-state index in [0.29, 0.717) is 12.0 Å². The maximum atomic E-state index is 12.8. The van der Waals surface area contributed by atoms with Gasteiger partial charge in [0.25, 0.3) is 0 Å². The minimum atomic E-state index is 0.193. The second-order valence-electron chi connectivity index (χ2n) is 11.4. The van der Waals surface area contributed by atoms with Gasteiger partial charge in [0, 0.05) is 75.2 Å². The van der Waals surface area contributed by atoms with Crippen LogP contribution in [0.3, 0.4) is 0 Å². The van der Waals surface area contributed by atoms with Gasteiger partial charge in [-0.2, -0.15) is 0 Å². The fraction of sp³-hybridized carbons (Fsp3) is 0.552. The number of likely N-dealkylation sites (N-methyl/N-ethyl adjacent to an activating group) is 1. The van der Waals surface area contributed by atoms with Crippen LogP contribution in [0.5, 0.6) is 0 Å². The highest BCUT2D eigenvalue weighted by Crippen LogP contribution is 2.36. The third-order valence-electron chi connectivity index (χ3n) is 8.68. The number of likely N-dealkylation sites (tertiary alicyclic amines) is 1. The smallest absolute Gasteiger partial charge is 0.319 e. The molecule has 2 aliphatic heterocycles. The van der Waals surface area contributed by atoms with Gasteiger partial charge in [-0.1, -0.05) is 0 Å². The van der Waals surface area contributed by atoms with Crippen LogP contribution >= 0.6 is 0 Å². The van der Waals surface area contributed by atoms with E-state index in [9.17, 15) is 4.79 Å². The van der Waals surface area contributed by atoms with Crippen molar-refractivity contribution in [2.75, 3.05) is 58.3 Å². The fourth-order valence-corrected chi connectivity index (χ4v) is 6.28. The minimum absolute atomic E-state index is 0.193. The maximum absolute atomic E-state index is 12.8. The van der Waals surface area contributed by atoms with Crippen LogP contribution in [0.1, 0.15) is 48.3 Å². The van der Waals surface area contributed by atoms with Crippen molar-refractivity contribution in [1.29, 1.82) is 0 Å². The van der Waals surface area contributed by atoms with Crippen LogP contribution in [0.15, 0.2) is 24.4 Å². The molecule has 2 amide bonds. The van der Waals surface area contributed by atoms with Crippen LogP contribution in [0.2, 0.25) is 0 Å². The summed E-state index contributed by atoms with van der Waals surface area (Å²) in [5.41, 5.74) is 8.14. The molecule has 6 rings (SSSR count). The molecule has 37 heavy (non-hydrogen) atoms. The number of aryl methyl sites for hydroxylation is 2. The van der Waals surface area contributed by atoms with Crippen LogP contribution < -0.4 is 4.90 Å². The Morgan fingerprint density at radius 2 is 1.62 bits per heavy atom. The molecule has 4 heterocycles. The monoisotopic (exact) mass is 501 g/mol. The number of carbonyl (C=O) groups excluding carboxylic acids is 1. The van der Waals surface area contributed by atoms with E-state index < -0.39 is 0 Å². The number of urea groups is 1. The highest BCUT2D eigenvalue weighted by Gasteiger charge is 2.34. The summed E-state index contributed by atoms with van der Waals surface area (Å²) in [5.74, 6) is 0.421. The molecule has 0 atom stereocenters. The topological polar surface area (TPSA) is 71.6 Å². The largest absolute Gasteiger partial charge is 0.369 e. The Hall–Kier alpha value is -3.13. The molecule has 196 valence electrons. The molecule has 3 aliphatic rings. The van der Waals surface area contributed by atoms with E-state index in [1.165, 1.54) is 22.4 Å². The molecule has 1 aliphatic carbocycles. The van der Waals surface area contributed by atoms with Crippen LogP contribution in [0, 0.1) is 13.8 Å². The van der Waals surface area contributed by atoms with Gasteiger partial charge in [-0.3, -0.25) is 0 Å². The normalized spacial score (nSPS) is 19.6. The lowest BCUT2D eigenvalue weighted by atomic mass is 9.89. The number of fused-ring (bicyclic) bond motifs is 1. The summed E-state index contributed by atoms with van der Waals surface area (Å²) in [6.07, 6.45) is 6.36. The number of hydrogen-bond acceptors (Lipinski definition) is 5. The lowest BCUT2D eigenvalue weighted by molar-refractivity contribution is 0.147. The first-order valence-corrected chi connectivity index (χ1v) is 13.8. The number of anilines is 1. The average Bonchev–Trinajstić information content (AvgIpc) is 3.67. The van der Waals surface area contributed by atoms with E-state index in [0.717, 1.165) is 87.2 Å². The third kappa shape index (κ3) is 4.67. The van der Waals surface area contributed by atoms with Crippen molar-refractivity contribution in [2.24, 2.45) is 0 Å². The van der Waals surface area contributed by atoms with Gasteiger partial charge in [0.05, 0.1) is 5.69 Å². The molecule has 0 spiro atoms. The molecule has 0 radical (unpaired) electrons. The zero-order chi connectivity index (χ0) is 25.7. The van der Waals surface area contributed by atoms with Gasteiger partial charge in [-0.05, 0) is 87.4 Å². The molecule has 2 saturated heterocycles. The van der Waals surface area contributed by atoms with Gasteiger partial charge in [-0.15, -0.1) is 10.2 Å². The second-order valence-corrected chi connectivity index (χ2v) is 11.4. The van der Waals surface area contributed by atoms with Crippen LogP contribution in [-0.4, -0.2) is 95.3 Å². The summed E-state index contributed by atoms with van der Waals surface area (Å²) in [6.45, 7) is 10.4. The first-order valence-electron chi connectivity index (χ1n) is 13.8. The lowest BCUT2D eigenvalue weighted by Crippen LogP contribution is -2.45. The number of benzene rings is 1. The third-order valence-corrected chi connectivity index (χ3v) is 8.68. The number of nitrogens with zero attached hydrogens (tertiary/aromatic N) is 6. The van der Waals surface area contributed by atoms with E-state index in [1.807, 2.05) is 16.8 Å². The number of nitrogens with one attached hydrogen (secondary N) is 1. The highest BCUT2D eigenvalue weighted by molar-refractivity contribution is 5.84. The number of piperidine rings is 1. The molecule has 8 heteroatoms. The first-order chi connectivity index (χ1) is 17.9. The van der Waals surface area contributed by atoms with Crippen LogP contribution in [0.4, 0.5) is 10.5 Å². The minimum Gasteiger partial charge on any atom is -0.369 e. The predicted octanol–water partition coefficient (Wildman–Crippen LogP) is 4.39. The fourth-order valence-electron chi connectivity index (χ4n) is 6.28. The molecule has 0 bridgehead atoms. The molecule has 1 aromatic carbocycles. The zero-order valence-electron chi connectivity index (χ0n) is 22.6. The summed E-state index contributed by atoms with van der Waals surface area (Å²) < 4.78 is 0. The number of H-pyrrole nitrogens is 1. The summed E-state index contributed by atoms with van der Waals surface area (Å²) in [6, 6.07) is 7.39. The Morgan fingerprint density at radius 1 is 0.946 bits per heavy atom. The first kappa shape index (κ1) is 24.2. The van der Waals surface area contributed by atoms with Gasteiger partial charge >= 0.3 is 6.03 Å². The van der Waals surface area contributed by atoms with Gasteiger partial charge < -0.3 is 24.6 Å². The molecule has 2 aromatic heterocycles. The quantitative estimate of drug-likeness (QED) is 0.574. The van der Waals surface area contributed by atoms with E-state index in [1.54, 1.807) is 0 Å². The SMILES string of the molecule is Cc1cc(-c2cc3c(C4CCN(C(=O)N(C)C5CC5)CC4)c[nH]c3nn2)cc(C)c1N1CCN(C)CC1. The molecule has 3 aromatic rings. The summed E-state index contributed by atoms with van der Waals surface area (Å²) >= 11 is 0. The van der Waals surface area contributed by atoms with Gasteiger partial charge in [0.15, 0.2) is 5.65 Å². The predicted molar refractivity (Wildman–Crippen MR) is 148 cm³/mol. The number of hydrogen-bond donors (Lipinski definition) is 1. The standard InChI is InChI=1S/C29H39N7O/c1-19-15-22(16-20(2)27(19)35-13-11-33(3)12-14-35)26-17-24-25(18-30-28(24)32-31-26)21-7-9-36(10-8-21)29(37)34(4)23-5-6-23/h15-18,21,23H,5-14H2,1-4H3,(H,30,32). The summed E-state index contributed by atoms with van der Waals surface area (Å²) in [7, 11) is 4.15. The van der Waals surface area contributed by atoms with E-state index >= 15 is 0 Å². The molecule has 1 N–H and O–H groups in total. The molecular formula is C29H39N7O. The van der Waals surface area contributed by atoms with Crippen molar-refractivity contribution in [3.8, 4) is 11.3 Å². The van der Waals surface area contributed by atoms with Crippen molar-refractivity contribution in [3.05, 3.63) is 41.1 Å².